The van der Waals surface area contributed by atoms with Gasteiger partial charge >= 0.3 is 0 Å². The molecule has 20 heavy (non-hydrogen) atoms. The fraction of sp³-hybridized carbons (Fsp3) is 0.500. The lowest BCUT2D eigenvalue weighted by Gasteiger charge is -2.32. The van der Waals surface area contributed by atoms with E-state index in [2.05, 4.69) is 21.1 Å². The van der Waals surface area contributed by atoms with Gasteiger partial charge in [0.1, 0.15) is 11.9 Å². The molecule has 0 aliphatic carbocycles. The lowest BCUT2D eigenvalue weighted by Crippen LogP contribution is -2.36. The van der Waals surface area contributed by atoms with Gasteiger partial charge in [0.15, 0.2) is 5.84 Å². The van der Waals surface area contributed by atoms with Crippen molar-refractivity contribution in [3.63, 3.8) is 0 Å². The molecule has 1 aromatic rings. The number of rotatable bonds is 3. The Bertz CT molecular complexity index is 497. The van der Waals surface area contributed by atoms with E-state index in [0.29, 0.717) is 11.3 Å². The van der Waals surface area contributed by atoms with Crippen molar-refractivity contribution in [1.82, 2.24) is 0 Å². The summed E-state index contributed by atoms with van der Waals surface area (Å²) in [5, 5.41) is 11.9. The van der Waals surface area contributed by atoms with Gasteiger partial charge in [0.05, 0.1) is 17.8 Å². The average molecular weight is 343 g/mol. The molecule has 6 heteroatoms. The normalized spacial score (nSPS) is 27.4. The Hall–Kier alpha value is -1.27. The summed E-state index contributed by atoms with van der Waals surface area (Å²) in [5.74, 6) is 0.654. The van der Waals surface area contributed by atoms with Crippen LogP contribution < -0.4 is 10.5 Å². The molecule has 1 heterocycles. The van der Waals surface area contributed by atoms with E-state index in [9.17, 15) is 0 Å². The van der Waals surface area contributed by atoms with Crippen molar-refractivity contribution in [1.29, 1.82) is 0 Å². The summed E-state index contributed by atoms with van der Waals surface area (Å²) >= 11 is 3.41. The topological polar surface area (TPSA) is 77.1 Å². The van der Waals surface area contributed by atoms with Crippen molar-refractivity contribution in [2.24, 2.45) is 10.9 Å². The van der Waals surface area contributed by atoms with Gasteiger partial charge in [-0.15, -0.1) is 0 Å². The van der Waals surface area contributed by atoms with Crippen LogP contribution in [0.2, 0.25) is 0 Å². The van der Waals surface area contributed by atoms with Crippen molar-refractivity contribution in [3.8, 4) is 5.75 Å². The monoisotopic (exact) mass is 342 g/mol. The second-order valence-electron chi connectivity index (χ2n) is 5.09. The molecule has 0 radical (unpaired) electrons. The van der Waals surface area contributed by atoms with Crippen molar-refractivity contribution in [2.75, 3.05) is 0 Å². The van der Waals surface area contributed by atoms with Gasteiger partial charge in [-0.25, -0.2) is 0 Å². The zero-order valence-electron chi connectivity index (χ0n) is 11.5. The standard InChI is InChI=1S/C14H19BrN2O3/c1-8-5-11(6-9(2)19-8)20-13-7-10(15)3-4-12(13)14(16)17-18/h3-4,7-9,11,18H,5-6H2,1-2H3,(H2,16,17). The van der Waals surface area contributed by atoms with Gasteiger partial charge < -0.3 is 20.4 Å². The van der Waals surface area contributed by atoms with E-state index in [4.69, 9.17) is 20.4 Å². The quantitative estimate of drug-likeness (QED) is 0.383. The van der Waals surface area contributed by atoms with Gasteiger partial charge in [0.25, 0.3) is 0 Å². The molecule has 1 saturated heterocycles. The third-order valence-electron chi connectivity index (χ3n) is 3.28. The molecule has 1 aromatic carbocycles. The molecule has 0 aromatic heterocycles. The maximum atomic E-state index is 8.85. The molecule has 0 bridgehead atoms. The zero-order valence-corrected chi connectivity index (χ0v) is 13.1. The molecule has 0 amide bonds. The number of oxime groups is 1. The number of hydrogen-bond acceptors (Lipinski definition) is 4. The Balaban J connectivity index is 2.21. The Morgan fingerprint density at radius 1 is 1.40 bits per heavy atom. The molecule has 110 valence electrons. The molecule has 0 saturated carbocycles. The first-order valence-electron chi connectivity index (χ1n) is 6.59. The van der Waals surface area contributed by atoms with Crippen LogP contribution in [0.1, 0.15) is 32.3 Å². The highest BCUT2D eigenvalue weighted by molar-refractivity contribution is 9.10. The number of benzene rings is 1. The predicted molar refractivity (Wildman–Crippen MR) is 80.3 cm³/mol. The Kier molecular flexibility index (Phi) is 4.88. The van der Waals surface area contributed by atoms with Crippen LogP contribution in [0.25, 0.3) is 0 Å². The molecule has 2 atom stereocenters. The second kappa shape index (κ2) is 6.45. The number of hydrogen-bond donors (Lipinski definition) is 2. The summed E-state index contributed by atoms with van der Waals surface area (Å²) in [5.41, 5.74) is 6.27. The summed E-state index contributed by atoms with van der Waals surface area (Å²) in [7, 11) is 0. The van der Waals surface area contributed by atoms with Crippen LogP contribution in [-0.2, 0) is 4.74 Å². The van der Waals surface area contributed by atoms with E-state index >= 15 is 0 Å². The van der Waals surface area contributed by atoms with Crippen LogP contribution in [-0.4, -0.2) is 29.4 Å². The van der Waals surface area contributed by atoms with E-state index in [-0.39, 0.29) is 24.1 Å². The van der Waals surface area contributed by atoms with E-state index in [0.717, 1.165) is 17.3 Å². The smallest absolute Gasteiger partial charge is 0.173 e. The molecule has 2 unspecified atom stereocenters. The summed E-state index contributed by atoms with van der Waals surface area (Å²) in [4.78, 5) is 0. The first-order valence-corrected chi connectivity index (χ1v) is 7.38. The minimum atomic E-state index is 0.0423. The van der Waals surface area contributed by atoms with Crippen LogP contribution in [0.15, 0.2) is 27.8 Å². The SMILES string of the molecule is CC1CC(Oc2cc(Br)ccc2/C(N)=N/O)CC(C)O1. The van der Waals surface area contributed by atoms with E-state index < -0.39 is 0 Å². The molecule has 1 aliphatic rings. The average Bonchev–Trinajstić information content (AvgIpc) is 2.37. The lowest BCUT2D eigenvalue weighted by molar-refractivity contribution is -0.0721. The number of halogens is 1. The minimum Gasteiger partial charge on any atom is -0.489 e. The van der Waals surface area contributed by atoms with Gasteiger partial charge in [0, 0.05) is 17.3 Å². The van der Waals surface area contributed by atoms with Gasteiger partial charge in [-0.2, -0.15) is 0 Å². The highest BCUT2D eigenvalue weighted by Crippen LogP contribution is 2.29. The maximum absolute atomic E-state index is 8.85. The summed E-state index contributed by atoms with van der Waals surface area (Å²) in [6, 6.07) is 5.42. The largest absolute Gasteiger partial charge is 0.489 e. The van der Waals surface area contributed by atoms with E-state index in [1.165, 1.54) is 0 Å². The van der Waals surface area contributed by atoms with Crippen LogP contribution >= 0.6 is 15.9 Å². The molecule has 5 nitrogen and oxygen atoms in total. The molecular weight excluding hydrogens is 324 g/mol. The van der Waals surface area contributed by atoms with Gasteiger partial charge in [-0.05, 0) is 32.0 Å². The number of nitrogens with zero attached hydrogens (tertiary/aromatic N) is 1. The fourth-order valence-corrected chi connectivity index (χ4v) is 2.82. The third kappa shape index (κ3) is 3.64. The molecule has 1 fully saturated rings. The van der Waals surface area contributed by atoms with Crippen LogP contribution in [0.4, 0.5) is 0 Å². The van der Waals surface area contributed by atoms with E-state index in [1.54, 1.807) is 6.07 Å². The maximum Gasteiger partial charge on any atom is 0.173 e. The van der Waals surface area contributed by atoms with E-state index in [1.807, 2.05) is 26.0 Å². The summed E-state index contributed by atoms with van der Waals surface area (Å²) < 4.78 is 12.6. The molecule has 2 rings (SSSR count). The van der Waals surface area contributed by atoms with Gasteiger partial charge in [-0.1, -0.05) is 21.1 Å². The van der Waals surface area contributed by atoms with Crippen molar-refractivity contribution in [2.45, 2.75) is 45.0 Å². The van der Waals surface area contributed by atoms with Crippen molar-refractivity contribution in [3.05, 3.63) is 28.2 Å². The molecule has 1 aliphatic heterocycles. The Morgan fingerprint density at radius 2 is 2.05 bits per heavy atom. The molecule has 3 N–H and O–H groups in total. The lowest BCUT2D eigenvalue weighted by atomic mass is 10.0. The first-order chi connectivity index (χ1) is 9.49. The summed E-state index contributed by atoms with van der Waals surface area (Å²) in [6.07, 6.45) is 2.05. The third-order valence-corrected chi connectivity index (χ3v) is 3.77. The van der Waals surface area contributed by atoms with Crippen molar-refractivity contribution < 1.29 is 14.7 Å². The van der Waals surface area contributed by atoms with Gasteiger partial charge in [0.2, 0.25) is 0 Å². The van der Waals surface area contributed by atoms with Crippen LogP contribution in [0.3, 0.4) is 0 Å². The Morgan fingerprint density at radius 3 is 2.65 bits per heavy atom. The molecular formula is C14H19BrN2O3. The predicted octanol–water partition coefficient (Wildman–Crippen LogP) is 2.88. The second-order valence-corrected chi connectivity index (χ2v) is 6.01. The fourth-order valence-electron chi connectivity index (χ4n) is 2.48. The highest BCUT2D eigenvalue weighted by atomic mass is 79.9. The number of nitrogens with two attached hydrogens (primary N) is 1. The minimum absolute atomic E-state index is 0.0423. The zero-order chi connectivity index (χ0) is 14.7. The highest BCUT2D eigenvalue weighted by Gasteiger charge is 2.26. The number of amidine groups is 1. The Labute approximate surface area is 126 Å². The van der Waals surface area contributed by atoms with Crippen LogP contribution in [0.5, 0.6) is 5.75 Å². The van der Waals surface area contributed by atoms with Crippen molar-refractivity contribution >= 4 is 21.8 Å². The number of ether oxygens (including phenoxy) is 2. The van der Waals surface area contributed by atoms with Gasteiger partial charge in [-0.3, -0.25) is 0 Å². The first kappa shape index (κ1) is 15.1. The van der Waals surface area contributed by atoms with Crippen LogP contribution in [0, 0.1) is 0 Å². The molecule has 0 spiro atoms. The summed E-state index contributed by atoms with van der Waals surface area (Å²) in [6.45, 7) is 4.08.